The van der Waals surface area contributed by atoms with Gasteiger partial charge < -0.3 is 4.74 Å². The van der Waals surface area contributed by atoms with E-state index in [-0.39, 0.29) is 5.82 Å². The van der Waals surface area contributed by atoms with Crippen LogP contribution >= 0.6 is 0 Å². The fourth-order valence-corrected chi connectivity index (χ4v) is 2.45. The summed E-state index contributed by atoms with van der Waals surface area (Å²) in [5.74, 6) is 1.06. The topological polar surface area (TPSA) is 35.0 Å². The molecule has 1 fully saturated rings. The number of aromatic nitrogens is 2. The molecule has 3 aromatic rings. The van der Waals surface area contributed by atoms with E-state index in [1.54, 1.807) is 12.1 Å². The molecule has 0 amide bonds. The monoisotopic (exact) mass is 294 g/mol. The maximum atomic E-state index is 13.1. The third-order valence-corrected chi connectivity index (χ3v) is 3.93. The molecule has 22 heavy (non-hydrogen) atoms. The first-order chi connectivity index (χ1) is 10.8. The second kappa shape index (κ2) is 5.37. The molecular formula is C18H15FN2O. The molecule has 0 aliphatic heterocycles. The average molecular weight is 294 g/mol. The number of halogens is 1. The fourth-order valence-electron chi connectivity index (χ4n) is 2.45. The van der Waals surface area contributed by atoms with Crippen molar-refractivity contribution in [2.75, 3.05) is 6.61 Å². The van der Waals surface area contributed by atoms with Crippen molar-refractivity contribution in [2.24, 2.45) is 5.92 Å². The van der Waals surface area contributed by atoms with Crippen molar-refractivity contribution in [1.82, 2.24) is 9.97 Å². The van der Waals surface area contributed by atoms with Crippen LogP contribution in [0, 0.1) is 11.7 Å². The van der Waals surface area contributed by atoms with Crippen molar-refractivity contribution in [3.63, 3.8) is 0 Å². The predicted molar refractivity (Wildman–Crippen MR) is 83.2 cm³/mol. The molecule has 1 aromatic heterocycles. The molecule has 1 aliphatic rings. The summed E-state index contributed by atoms with van der Waals surface area (Å²) in [7, 11) is 0. The number of benzene rings is 2. The van der Waals surface area contributed by atoms with Gasteiger partial charge in [0.1, 0.15) is 12.1 Å². The van der Waals surface area contributed by atoms with Crippen LogP contribution < -0.4 is 4.74 Å². The highest BCUT2D eigenvalue weighted by Gasteiger charge is 2.22. The van der Waals surface area contributed by atoms with Crippen LogP contribution in [0.3, 0.4) is 0 Å². The zero-order valence-electron chi connectivity index (χ0n) is 12.0. The van der Waals surface area contributed by atoms with Gasteiger partial charge in [-0.1, -0.05) is 18.2 Å². The van der Waals surface area contributed by atoms with Gasteiger partial charge in [0, 0.05) is 0 Å². The van der Waals surface area contributed by atoms with Crippen LogP contribution in [0.5, 0.6) is 5.88 Å². The Balaban J connectivity index is 1.74. The SMILES string of the molecule is Fc1ccc(-c2ccc3ncnc(OCC4CC4)c3c2)cc1. The normalized spacial score (nSPS) is 14.2. The van der Waals surface area contributed by atoms with Gasteiger partial charge in [0.05, 0.1) is 17.5 Å². The van der Waals surface area contributed by atoms with Crippen LogP contribution in [-0.4, -0.2) is 16.6 Å². The summed E-state index contributed by atoms with van der Waals surface area (Å²) in [6, 6.07) is 12.4. The molecule has 0 radical (unpaired) electrons. The lowest BCUT2D eigenvalue weighted by Gasteiger charge is -2.09. The lowest BCUT2D eigenvalue weighted by atomic mass is 10.0. The Labute approximate surface area is 127 Å². The van der Waals surface area contributed by atoms with Crippen LogP contribution in [0.25, 0.3) is 22.0 Å². The molecule has 0 spiro atoms. The Kier molecular flexibility index (Phi) is 3.22. The van der Waals surface area contributed by atoms with Crippen LogP contribution in [0.15, 0.2) is 48.8 Å². The molecule has 4 heteroatoms. The number of hydrogen-bond donors (Lipinski definition) is 0. The van der Waals surface area contributed by atoms with Gasteiger partial charge in [0.25, 0.3) is 0 Å². The van der Waals surface area contributed by atoms with E-state index in [4.69, 9.17) is 4.74 Å². The van der Waals surface area contributed by atoms with Crippen molar-refractivity contribution in [2.45, 2.75) is 12.8 Å². The maximum Gasteiger partial charge on any atom is 0.224 e. The predicted octanol–water partition coefficient (Wildman–Crippen LogP) is 4.22. The molecule has 2 aromatic carbocycles. The summed E-state index contributed by atoms with van der Waals surface area (Å²) < 4.78 is 18.9. The molecule has 4 rings (SSSR count). The average Bonchev–Trinajstić information content (AvgIpc) is 3.37. The summed E-state index contributed by atoms with van der Waals surface area (Å²) >= 11 is 0. The Morgan fingerprint density at radius 3 is 2.55 bits per heavy atom. The third-order valence-electron chi connectivity index (χ3n) is 3.93. The van der Waals surface area contributed by atoms with Crippen LogP contribution in [0.1, 0.15) is 12.8 Å². The summed E-state index contributed by atoms with van der Waals surface area (Å²) in [6.07, 6.45) is 4.01. The first kappa shape index (κ1) is 13.2. The van der Waals surface area contributed by atoms with Crippen molar-refractivity contribution in [3.05, 3.63) is 54.6 Å². The minimum absolute atomic E-state index is 0.235. The van der Waals surface area contributed by atoms with E-state index in [0.717, 1.165) is 22.0 Å². The summed E-state index contributed by atoms with van der Waals surface area (Å²) in [6.45, 7) is 0.715. The van der Waals surface area contributed by atoms with Gasteiger partial charge in [-0.2, -0.15) is 0 Å². The standard InChI is InChI=1S/C18H15FN2O/c19-15-6-3-13(4-7-15)14-5-8-17-16(9-14)18(21-11-20-17)22-10-12-1-2-12/h3-9,11-12H,1-2,10H2. The molecule has 1 aliphatic carbocycles. The zero-order valence-corrected chi connectivity index (χ0v) is 12.0. The third kappa shape index (κ3) is 2.64. The van der Waals surface area contributed by atoms with Gasteiger partial charge in [-0.05, 0) is 54.2 Å². The van der Waals surface area contributed by atoms with Gasteiger partial charge in [-0.15, -0.1) is 0 Å². The van der Waals surface area contributed by atoms with E-state index in [1.165, 1.54) is 31.3 Å². The Morgan fingerprint density at radius 1 is 1.00 bits per heavy atom. The first-order valence-corrected chi connectivity index (χ1v) is 7.43. The quantitative estimate of drug-likeness (QED) is 0.722. The smallest absolute Gasteiger partial charge is 0.224 e. The highest BCUT2D eigenvalue weighted by Crippen LogP contribution is 2.32. The molecular weight excluding hydrogens is 279 g/mol. The zero-order chi connectivity index (χ0) is 14.9. The molecule has 3 nitrogen and oxygen atoms in total. The Hall–Kier alpha value is -2.49. The number of hydrogen-bond acceptors (Lipinski definition) is 3. The first-order valence-electron chi connectivity index (χ1n) is 7.43. The maximum absolute atomic E-state index is 13.1. The van der Waals surface area contributed by atoms with Gasteiger partial charge in [0.2, 0.25) is 5.88 Å². The summed E-state index contributed by atoms with van der Waals surface area (Å²) in [5, 5.41) is 0.893. The second-order valence-corrected chi connectivity index (χ2v) is 5.67. The highest BCUT2D eigenvalue weighted by atomic mass is 19.1. The van der Waals surface area contributed by atoms with E-state index in [2.05, 4.69) is 9.97 Å². The number of rotatable bonds is 4. The lowest BCUT2D eigenvalue weighted by Crippen LogP contribution is -2.01. The minimum Gasteiger partial charge on any atom is -0.477 e. The summed E-state index contributed by atoms with van der Waals surface area (Å²) in [4.78, 5) is 8.54. The van der Waals surface area contributed by atoms with Crippen LogP contribution in [-0.2, 0) is 0 Å². The van der Waals surface area contributed by atoms with Crippen molar-refractivity contribution >= 4 is 10.9 Å². The van der Waals surface area contributed by atoms with Gasteiger partial charge in [-0.25, -0.2) is 14.4 Å². The van der Waals surface area contributed by atoms with E-state index in [0.29, 0.717) is 18.4 Å². The van der Waals surface area contributed by atoms with E-state index >= 15 is 0 Å². The fraction of sp³-hybridized carbons (Fsp3) is 0.222. The van der Waals surface area contributed by atoms with Gasteiger partial charge in [0.15, 0.2) is 0 Å². The molecule has 0 unspecified atom stereocenters. The second-order valence-electron chi connectivity index (χ2n) is 5.67. The largest absolute Gasteiger partial charge is 0.477 e. The van der Waals surface area contributed by atoms with E-state index in [9.17, 15) is 4.39 Å². The van der Waals surface area contributed by atoms with Crippen molar-refractivity contribution in [1.29, 1.82) is 0 Å². The molecule has 1 heterocycles. The molecule has 0 atom stereocenters. The minimum atomic E-state index is -0.235. The molecule has 110 valence electrons. The summed E-state index contributed by atoms with van der Waals surface area (Å²) in [5.41, 5.74) is 2.81. The Morgan fingerprint density at radius 2 is 1.77 bits per heavy atom. The number of nitrogens with zero attached hydrogens (tertiary/aromatic N) is 2. The van der Waals surface area contributed by atoms with Gasteiger partial charge >= 0.3 is 0 Å². The molecule has 1 saturated carbocycles. The Bertz CT molecular complexity index is 813. The van der Waals surface area contributed by atoms with Crippen molar-refractivity contribution < 1.29 is 9.13 Å². The van der Waals surface area contributed by atoms with E-state index in [1.807, 2.05) is 18.2 Å². The molecule has 0 N–H and O–H groups in total. The molecule has 0 saturated heterocycles. The molecule has 0 bridgehead atoms. The lowest BCUT2D eigenvalue weighted by molar-refractivity contribution is 0.292. The van der Waals surface area contributed by atoms with Crippen molar-refractivity contribution in [3.8, 4) is 17.0 Å². The van der Waals surface area contributed by atoms with Crippen LogP contribution in [0.2, 0.25) is 0 Å². The number of ether oxygens (including phenoxy) is 1. The highest BCUT2D eigenvalue weighted by molar-refractivity contribution is 5.88. The number of fused-ring (bicyclic) bond motifs is 1. The van der Waals surface area contributed by atoms with Crippen LogP contribution in [0.4, 0.5) is 4.39 Å². The van der Waals surface area contributed by atoms with Gasteiger partial charge in [-0.3, -0.25) is 0 Å². The van der Waals surface area contributed by atoms with E-state index < -0.39 is 0 Å².